The van der Waals surface area contributed by atoms with Crippen molar-refractivity contribution in [3.05, 3.63) is 66.7 Å². The van der Waals surface area contributed by atoms with Crippen LogP contribution in [-0.4, -0.2) is 58.7 Å². The Balaban J connectivity index is 1.14. The Bertz CT molecular complexity index is 1330. The molecular formula is C24H20F3N5O3. The molecule has 1 amide bonds. The molecule has 0 atom stereocenters. The first kappa shape index (κ1) is 22.6. The van der Waals surface area contributed by atoms with Gasteiger partial charge in [-0.1, -0.05) is 35.5 Å². The van der Waals surface area contributed by atoms with Gasteiger partial charge >= 0.3 is 12.1 Å². The number of fused-ring (bicyclic) bond motifs is 1. The molecule has 0 saturated carbocycles. The van der Waals surface area contributed by atoms with Crippen molar-refractivity contribution in [3.63, 3.8) is 0 Å². The Morgan fingerprint density at radius 1 is 1.00 bits per heavy atom. The summed E-state index contributed by atoms with van der Waals surface area (Å²) < 4.78 is 47.9. The lowest BCUT2D eigenvalue weighted by Gasteiger charge is -2.35. The average molecular weight is 483 g/mol. The highest BCUT2D eigenvalue weighted by molar-refractivity contribution is 5.84. The van der Waals surface area contributed by atoms with Gasteiger partial charge in [0.1, 0.15) is 11.6 Å². The van der Waals surface area contributed by atoms with Crippen molar-refractivity contribution in [1.29, 1.82) is 0 Å². The zero-order chi connectivity index (χ0) is 24.4. The van der Waals surface area contributed by atoms with E-state index in [1.165, 1.54) is 6.20 Å². The summed E-state index contributed by atoms with van der Waals surface area (Å²) in [5, 5.41) is 5.51. The number of hydrogen-bond donors (Lipinski definition) is 0. The van der Waals surface area contributed by atoms with Gasteiger partial charge in [-0.25, -0.2) is 4.98 Å². The number of benzene rings is 2. The van der Waals surface area contributed by atoms with Crippen LogP contribution in [0.5, 0.6) is 5.75 Å². The van der Waals surface area contributed by atoms with E-state index in [-0.39, 0.29) is 18.3 Å². The van der Waals surface area contributed by atoms with Crippen molar-refractivity contribution in [2.24, 2.45) is 0 Å². The molecule has 0 spiro atoms. The number of hydrogen-bond acceptors (Lipinski definition) is 7. The minimum atomic E-state index is -4.70. The number of carbonyl (C=O) groups excluding carboxylic acids is 1. The summed E-state index contributed by atoms with van der Waals surface area (Å²) in [7, 11) is 0. The van der Waals surface area contributed by atoms with E-state index in [0.717, 1.165) is 10.8 Å². The molecular weight excluding hydrogens is 463 g/mol. The van der Waals surface area contributed by atoms with Gasteiger partial charge in [0.25, 0.3) is 5.91 Å². The Labute approximate surface area is 197 Å². The zero-order valence-electron chi connectivity index (χ0n) is 18.4. The number of alkyl halides is 3. The third-order valence-corrected chi connectivity index (χ3v) is 5.71. The Morgan fingerprint density at radius 2 is 1.77 bits per heavy atom. The van der Waals surface area contributed by atoms with Crippen LogP contribution in [0.2, 0.25) is 0 Å². The third-order valence-electron chi connectivity index (χ3n) is 5.71. The summed E-state index contributed by atoms with van der Waals surface area (Å²) in [4.78, 5) is 24.0. The van der Waals surface area contributed by atoms with Crippen molar-refractivity contribution in [2.45, 2.75) is 6.18 Å². The maximum atomic E-state index is 12.6. The van der Waals surface area contributed by atoms with Crippen molar-refractivity contribution < 1.29 is 27.2 Å². The van der Waals surface area contributed by atoms with Gasteiger partial charge in [0.05, 0.1) is 0 Å². The topological polar surface area (TPSA) is 84.6 Å². The fourth-order valence-corrected chi connectivity index (χ4v) is 3.84. The molecule has 5 rings (SSSR count). The molecule has 0 bridgehead atoms. The maximum Gasteiger partial charge on any atom is 0.471 e. The number of nitrogens with zero attached hydrogens (tertiary/aromatic N) is 5. The third kappa shape index (κ3) is 5.03. The van der Waals surface area contributed by atoms with E-state index in [9.17, 15) is 18.0 Å². The van der Waals surface area contributed by atoms with Gasteiger partial charge in [-0.15, -0.1) is 0 Å². The Kier molecular flexibility index (Phi) is 5.98. The molecule has 11 heteroatoms. The van der Waals surface area contributed by atoms with Gasteiger partial charge in [0.15, 0.2) is 6.61 Å². The number of halogens is 3. The molecule has 3 heterocycles. The fraction of sp³-hybridized carbons (Fsp3) is 0.250. The molecule has 0 radical (unpaired) electrons. The first-order valence-corrected chi connectivity index (χ1v) is 10.9. The number of aromatic nitrogens is 3. The quantitative estimate of drug-likeness (QED) is 0.424. The van der Waals surface area contributed by atoms with Crippen LogP contribution < -0.4 is 9.64 Å². The van der Waals surface area contributed by atoms with Crippen molar-refractivity contribution in [3.8, 4) is 17.1 Å². The van der Waals surface area contributed by atoms with Gasteiger partial charge < -0.3 is 19.1 Å². The van der Waals surface area contributed by atoms with E-state index in [0.29, 0.717) is 43.3 Å². The van der Waals surface area contributed by atoms with E-state index in [4.69, 9.17) is 4.74 Å². The second kappa shape index (κ2) is 9.24. The van der Waals surface area contributed by atoms with Crippen LogP contribution in [0, 0.1) is 0 Å². The molecule has 0 N–H and O–H groups in total. The summed E-state index contributed by atoms with van der Waals surface area (Å²) in [5.41, 5.74) is 0.313. The van der Waals surface area contributed by atoms with Crippen molar-refractivity contribution in [2.75, 3.05) is 37.7 Å². The van der Waals surface area contributed by atoms with E-state index >= 15 is 0 Å². The van der Waals surface area contributed by atoms with Crippen LogP contribution in [0.1, 0.15) is 5.89 Å². The minimum absolute atomic E-state index is 0.0457. The normalized spacial score (nSPS) is 14.4. The van der Waals surface area contributed by atoms with Gasteiger partial charge in [0, 0.05) is 37.9 Å². The van der Waals surface area contributed by atoms with Crippen LogP contribution in [0.3, 0.4) is 0 Å². The summed E-state index contributed by atoms with van der Waals surface area (Å²) in [6, 6.07) is 16.9. The SMILES string of the molecule is O=C(COc1ccc2ccccc2c1)N1CCN(c2ccc(-c3noc(C(F)(F)F)n3)cn2)CC1. The molecule has 2 aromatic heterocycles. The van der Waals surface area contributed by atoms with Gasteiger partial charge in [-0.05, 0) is 35.0 Å². The van der Waals surface area contributed by atoms with Crippen LogP contribution in [-0.2, 0) is 11.0 Å². The molecule has 1 aliphatic heterocycles. The zero-order valence-corrected chi connectivity index (χ0v) is 18.4. The average Bonchev–Trinajstić information content (AvgIpc) is 3.39. The second-order valence-corrected chi connectivity index (χ2v) is 7.99. The van der Waals surface area contributed by atoms with Crippen LogP contribution in [0.25, 0.3) is 22.2 Å². The Morgan fingerprint density at radius 3 is 2.46 bits per heavy atom. The van der Waals surface area contributed by atoms with Gasteiger partial charge in [-0.2, -0.15) is 18.2 Å². The lowest BCUT2D eigenvalue weighted by atomic mass is 10.1. The van der Waals surface area contributed by atoms with Crippen molar-refractivity contribution >= 4 is 22.5 Å². The summed E-state index contributed by atoms with van der Waals surface area (Å²) in [6.07, 6.45) is -3.30. The first-order valence-electron chi connectivity index (χ1n) is 10.9. The lowest BCUT2D eigenvalue weighted by Crippen LogP contribution is -2.50. The van der Waals surface area contributed by atoms with E-state index in [2.05, 4.69) is 19.6 Å². The molecule has 8 nitrogen and oxygen atoms in total. The van der Waals surface area contributed by atoms with Crippen LogP contribution in [0.4, 0.5) is 19.0 Å². The molecule has 0 unspecified atom stereocenters. The highest BCUT2D eigenvalue weighted by Crippen LogP contribution is 2.29. The van der Waals surface area contributed by atoms with Gasteiger partial charge in [-0.3, -0.25) is 4.79 Å². The smallest absolute Gasteiger partial charge is 0.471 e. The van der Waals surface area contributed by atoms with Crippen LogP contribution in [0.15, 0.2) is 65.3 Å². The number of anilines is 1. The minimum Gasteiger partial charge on any atom is -0.484 e. The highest BCUT2D eigenvalue weighted by Gasteiger charge is 2.38. The molecule has 1 saturated heterocycles. The molecule has 2 aromatic carbocycles. The maximum absolute atomic E-state index is 12.6. The van der Waals surface area contributed by atoms with E-state index in [1.54, 1.807) is 17.0 Å². The number of rotatable bonds is 5. The summed E-state index contributed by atoms with van der Waals surface area (Å²) >= 11 is 0. The largest absolute Gasteiger partial charge is 0.484 e. The number of ether oxygens (including phenoxy) is 1. The first-order chi connectivity index (χ1) is 16.9. The molecule has 180 valence electrons. The molecule has 1 aliphatic rings. The summed E-state index contributed by atoms with van der Waals surface area (Å²) in [5.74, 6) is -0.393. The molecule has 4 aromatic rings. The molecule has 35 heavy (non-hydrogen) atoms. The van der Waals surface area contributed by atoms with Gasteiger partial charge in [0.2, 0.25) is 5.82 Å². The predicted molar refractivity (Wildman–Crippen MR) is 121 cm³/mol. The second-order valence-electron chi connectivity index (χ2n) is 7.99. The number of piperazine rings is 1. The number of amides is 1. The van der Waals surface area contributed by atoms with E-state index in [1.807, 2.05) is 47.4 Å². The summed E-state index contributed by atoms with van der Waals surface area (Å²) in [6.45, 7) is 2.09. The Hall–Kier alpha value is -4.15. The molecule has 0 aliphatic carbocycles. The highest BCUT2D eigenvalue weighted by atomic mass is 19.4. The van der Waals surface area contributed by atoms with Crippen molar-refractivity contribution in [1.82, 2.24) is 20.0 Å². The standard InChI is InChI=1S/C24H20F3N5O3/c25-24(26,27)23-29-22(30-35-23)18-6-8-20(28-14-18)31-9-11-32(12-10-31)21(33)15-34-19-7-5-16-3-1-2-4-17(16)13-19/h1-8,13-14H,9-12,15H2. The predicted octanol–water partition coefficient (Wildman–Crippen LogP) is 4.03. The lowest BCUT2D eigenvalue weighted by molar-refractivity contribution is -0.159. The van der Waals surface area contributed by atoms with Crippen LogP contribution >= 0.6 is 0 Å². The number of pyridine rings is 1. The molecule has 1 fully saturated rings. The number of carbonyl (C=O) groups is 1. The fourth-order valence-electron chi connectivity index (χ4n) is 3.84. The van der Waals surface area contributed by atoms with E-state index < -0.39 is 12.1 Å². The monoisotopic (exact) mass is 483 g/mol.